The Morgan fingerprint density at radius 3 is 2.75 bits per heavy atom. The number of nitrogens with zero attached hydrogens (tertiary/aromatic N) is 3. The SMILES string of the molecule is NCCC[C@H](Nc1cnccn1)C(=O)[N+]1(OC(=O)C(F)(F)F)CCCC1C=O. The summed E-state index contributed by atoms with van der Waals surface area (Å²) in [6.45, 7) is -0.00326. The highest BCUT2D eigenvalue weighted by molar-refractivity contribution is 5.82. The molecule has 3 N–H and O–H groups in total. The molecule has 28 heavy (non-hydrogen) atoms. The number of nitrogens with two attached hydrogens (primary N) is 1. The van der Waals surface area contributed by atoms with Gasteiger partial charge in [-0.2, -0.15) is 13.2 Å². The molecule has 1 aliphatic rings. The van der Waals surface area contributed by atoms with E-state index < -0.39 is 34.8 Å². The van der Waals surface area contributed by atoms with Crippen molar-refractivity contribution in [3.05, 3.63) is 18.6 Å². The fraction of sp³-hybridized carbons (Fsp3) is 0.562. The van der Waals surface area contributed by atoms with Crippen LogP contribution >= 0.6 is 0 Å². The van der Waals surface area contributed by atoms with Gasteiger partial charge < -0.3 is 11.1 Å². The first-order chi connectivity index (χ1) is 13.2. The maximum absolute atomic E-state index is 13.2. The van der Waals surface area contributed by atoms with Gasteiger partial charge in [0.25, 0.3) is 0 Å². The molecule has 12 heteroatoms. The largest absolute Gasteiger partial charge is 0.497 e. The molecule has 0 aromatic carbocycles. The molecule has 9 nitrogen and oxygen atoms in total. The molecule has 2 heterocycles. The molecule has 1 amide bonds. The number of halogens is 3. The van der Waals surface area contributed by atoms with Gasteiger partial charge in [0.05, 0.1) is 6.20 Å². The molecule has 2 unspecified atom stereocenters. The zero-order valence-electron chi connectivity index (χ0n) is 14.9. The van der Waals surface area contributed by atoms with Crippen molar-refractivity contribution in [1.82, 2.24) is 9.97 Å². The Morgan fingerprint density at radius 2 is 2.18 bits per heavy atom. The van der Waals surface area contributed by atoms with E-state index in [0.717, 1.165) is 0 Å². The van der Waals surface area contributed by atoms with E-state index in [1.165, 1.54) is 18.6 Å². The number of aromatic nitrogens is 2. The van der Waals surface area contributed by atoms with E-state index in [4.69, 9.17) is 5.73 Å². The average Bonchev–Trinajstić information content (AvgIpc) is 3.08. The lowest BCUT2D eigenvalue weighted by Crippen LogP contribution is -2.63. The van der Waals surface area contributed by atoms with Gasteiger partial charge in [-0.3, -0.25) is 14.6 Å². The number of aldehydes is 1. The first-order valence-electron chi connectivity index (χ1n) is 8.65. The number of alkyl halides is 3. The summed E-state index contributed by atoms with van der Waals surface area (Å²) < 4.78 is 37.0. The highest BCUT2D eigenvalue weighted by Gasteiger charge is 2.59. The smallest absolute Gasteiger partial charge is 0.354 e. The van der Waals surface area contributed by atoms with Crippen LogP contribution in [0.15, 0.2) is 18.6 Å². The Bertz CT molecular complexity index is 703. The van der Waals surface area contributed by atoms with Crippen molar-refractivity contribution < 1.29 is 37.0 Å². The van der Waals surface area contributed by atoms with Crippen molar-refractivity contribution in [2.45, 2.75) is 43.9 Å². The van der Waals surface area contributed by atoms with Crippen LogP contribution in [0.3, 0.4) is 0 Å². The number of hydroxylamine groups is 3. The van der Waals surface area contributed by atoms with E-state index >= 15 is 0 Å². The molecule has 154 valence electrons. The normalized spacial score (nSPS) is 23.1. The Labute approximate surface area is 158 Å². The number of hydrogen-bond donors (Lipinski definition) is 2. The van der Waals surface area contributed by atoms with Crippen LogP contribution < -0.4 is 11.1 Å². The Kier molecular flexibility index (Phi) is 7.02. The van der Waals surface area contributed by atoms with E-state index in [1.807, 2.05) is 0 Å². The topological polar surface area (TPSA) is 124 Å². The first-order valence-corrected chi connectivity index (χ1v) is 8.65. The molecule has 1 saturated heterocycles. The third kappa shape index (κ3) is 4.81. The molecular formula is C16H21F3N5O4+. The summed E-state index contributed by atoms with van der Waals surface area (Å²) in [6.07, 6.45) is 0.0161. The van der Waals surface area contributed by atoms with Crippen LogP contribution in [-0.4, -0.2) is 64.1 Å². The van der Waals surface area contributed by atoms with Crippen molar-refractivity contribution in [2.75, 3.05) is 18.4 Å². The summed E-state index contributed by atoms with van der Waals surface area (Å²) in [5.74, 6) is -3.18. The predicted molar refractivity (Wildman–Crippen MR) is 89.1 cm³/mol. The molecule has 0 radical (unpaired) electrons. The molecule has 1 aliphatic heterocycles. The van der Waals surface area contributed by atoms with Crippen molar-refractivity contribution in [3.8, 4) is 0 Å². The maximum atomic E-state index is 13.2. The average molecular weight is 404 g/mol. The number of hydrogen-bond acceptors (Lipinski definition) is 8. The molecule has 1 aromatic rings. The summed E-state index contributed by atoms with van der Waals surface area (Å²) >= 11 is 0. The van der Waals surface area contributed by atoms with Crippen LogP contribution in [0, 0.1) is 0 Å². The monoisotopic (exact) mass is 404 g/mol. The van der Waals surface area contributed by atoms with Gasteiger partial charge in [-0.25, -0.2) is 14.6 Å². The molecule has 1 aromatic heterocycles. The predicted octanol–water partition coefficient (Wildman–Crippen LogP) is 0.721. The van der Waals surface area contributed by atoms with E-state index in [9.17, 15) is 27.6 Å². The lowest BCUT2D eigenvalue weighted by Gasteiger charge is -2.34. The Balaban J connectivity index is 2.36. The van der Waals surface area contributed by atoms with Crippen LogP contribution in [0.2, 0.25) is 0 Å². The molecule has 0 aliphatic carbocycles. The molecule has 3 atom stereocenters. The second-order valence-electron chi connectivity index (χ2n) is 6.30. The molecule has 0 bridgehead atoms. The van der Waals surface area contributed by atoms with Gasteiger partial charge in [0, 0.05) is 25.2 Å². The third-order valence-electron chi connectivity index (χ3n) is 4.41. The van der Waals surface area contributed by atoms with Crippen LogP contribution in [0.4, 0.5) is 19.0 Å². The number of carbonyl (C=O) groups excluding carboxylic acids is 3. The lowest BCUT2D eigenvalue weighted by molar-refractivity contribution is -1.03. The summed E-state index contributed by atoms with van der Waals surface area (Å²) in [7, 11) is 0. The minimum Gasteiger partial charge on any atom is -0.354 e. The van der Waals surface area contributed by atoms with Crippen molar-refractivity contribution in [3.63, 3.8) is 0 Å². The highest BCUT2D eigenvalue weighted by atomic mass is 19.4. The minimum atomic E-state index is -5.30. The zero-order valence-corrected chi connectivity index (χ0v) is 14.9. The van der Waals surface area contributed by atoms with Crippen LogP contribution in [-0.2, 0) is 19.2 Å². The summed E-state index contributed by atoms with van der Waals surface area (Å²) in [6, 6.07) is -2.30. The number of quaternary nitrogens is 1. The number of nitrogens with one attached hydrogen (secondary N) is 1. The van der Waals surface area contributed by atoms with Gasteiger partial charge in [-0.15, -0.1) is 0 Å². The number of carbonyl (C=O) groups is 3. The number of likely N-dealkylation sites (tertiary alicyclic amines) is 1. The van der Waals surface area contributed by atoms with Gasteiger partial charge in [0.1, 0.15) is 18.4 Å². The quantitative estimate of drug-likeness (QED) is 0.503. The fourth-order valence-electron chi connectivity index (χ4n) is 3.10. The standard InChI is InChI=1S/C16H21F3N5O4/c17-16(18,19)15(27)28-24(8-2-3-11(24)10-25)14(26)12(4-1-5-20)23-13-9-21-6-7-22-13/h6-7,9-12H,1-5,8,20H2,(H,22,23)/q+1/t11?,12-,24?/m0/s1. The second kappa shape index (κ2) is 9.06. The number of anilines is 1. The summed E-state index contributed by atoms with van der Waals surface area (Å²) in [5, 5.41) is 2.79. The van der Waals surface area contributed by atoms with Crippen LogP contribution in [0.5, 0.6) is 0 Å². The van der Waals surface area contributed by atoms with Gasteiger partial charge in [0.15, 0.2) is 12.3 Å². The second-order valence-corrected chi connectivity index (χ2v) is 6.30. The van der Waals surface area contributed by atoms with Gasteiger partial charge >= 0.3 is 18.1 Å². The Morgan fingerprint density at radius 1 is 1.43 bits per heavy atom. The van der Waals surface area contributed by atoms with Crippen molar-refractivity contribution in [1.29, 1.82) is 0 Å². The van der Waals surface area contributed by atoms with Crippen LogP contribution in [0.25, 0.3) is 0 Å². The fourth-order valence-corrected chi connectivity index (χ4v) is 3.10. The van der Waals surface area contributed by atoms with E-state index in [1.54, 1.807) is 0 Å². The van der Waals surface area contributed by atoms with Gasteiger partial charge in [-0.1, -0.05) is 4.65 Å². The summed E-state index contributed by atoms with van der Waals surface area (Å²) in [5.41, 5.74) is 5.49. The van der Waals surface area contributed by atoms with Gasteiger partial charge in [-0.05, 0) is 19.4 Å². The van der Waals surface area contributed by atoms with E-state index in [-0.39, 0.29) is 38.2 Å². The van der Waals surface area contributed by atoms with E-state index in [2.05, 4.69) is 20.1 Å². The molecule has 1 fully saturated rings. The molecular weight excluding hydrogens is 383 g/mol. The third-order valence-corrected chi connectivity index (χ3v) is 4.41. The maximum Gasteiger partial charge on any atom is 0.497 e. The first kappa shape index (κ1) is 21.7. The molecule has 0 saturated carbocycles. The van der Waals surface area contributed by atoms with Crippen molar-refractivity contribution in [2.24, 2.45) is 5.73 Å². The van der Waals surface area contributed by atoms with Crippen molar-refractivity contribution >= 4 is 24.0 Å². The lowest BCUT2D eigenvalue weighted by atomic mass is 10.1. The number of rotatable bonds is 7. The van der Waals surface area contributed by atoms with E-state index in [0.29, 0.717) is 12.7 Å². The number of amides is 1. The zero-order chi connectivity index (χ0) is 20.8. The van der Waals surface area contributed by atoms with Gasteiger partial charge in [0.2, 0.25) is 0 Å². The minimum absolute atomic E-state index is 0.120. The highest BCUT2D eigenvalue weighted by Crippen LogP contribution is 2.32. The Hall–Kier alpha value is -2.60. The summed E-state index contributed by atoms with van der Waals surface area (Å²) in [4.78, 5) is 48.6. The molecule has 2 rings (SSSR count). The van der Waals surface area contributed by atoms with Crippen LogP contribution in [0.1, 0.15) is 25.7 Å². The molecule has 0 spiro atoms.